The summed E-state index contributed by atoms with van der Waals surface area (Å²) in [6.45, 7) is 0.979. The normalized spacial score (nSPS) is 14.3. The first-order valence-electron chi connectivity index (χ1n) is 19.0. The Kier molecular flexibility index (Phi) is 23.5. The van der Waals surface area contributed by atoms with Gasteiger partial charge in [-0.25, -0.2) is 4.79 Å². The summed E-state index contributed by atoms with van der Waals surface area (Å²) in [6.07, 6.45) is -2.94. The molecule has 1 rings (SSSR count). The van der Waals surface area contributed by atoms with Crippen molar-refractivity contribution in [2.45, 2.75) is 107 Å². The fourth-order valence-electron chi connectivity index (χ4n) is 5.52. The zero-order valence-corrected chi connectivity index (χ0v) is 33.3. The minimum atomic E-state index is -1.81. The molecule has 0 unspecified atom stereocenters. The number of nitrogens with one attached hydrogen (secondary N) is 6. The summed E-state index contributed by atoms with van der Waals surface area (Å²) in [4.78, 5) is 119. The number of carboxylic acids is 2. The summed E-state index contributed by atoms with van der Waals surface area (Å²) in [5.74, 6) is -10.1. The van der Waals surface area contributed by atoms with E-state index in [1.165, 1.54) is 6.92 Å². The highest BCUT2D eigenvalue weighted by Gasteiger charge is 2.35. The summed E-state index contributed by atoms with van der Waals surface area (Å²) in [6, 6.07) is -1.17. The van der Waals surface area contributed by atoms with Crippen LogP contribution in [0.5, 0.6) is 0 Å². The molecule has 0 aliphatic rings. The summed E-state index contributed by atoms with van der Waals surface area (Å²) < 4.78 is 0. The van der Waals surface area contributed by atoms with Gasteiger partial charge in [-0.15, -0.1) is 0 Å². The first-order chi connectivity index (χ1) is 28.3. The minimum absolute atomic E-state index is 0.0142. The number of carboxylic acid groups (broad SMARTS) is 2. The Morgan fingerprint density at radius 3 is 1.70 bits per heavy atom. The van der Waals surface area contributed by atoms with Crippen molar-refractivity contribution in [1.82, 2.24) is 31.9 Å². The van der Waals surface area contributed by atoms with Crippen molar-refractivity contribution >= 4 is 59.2 Å². The molecule has 0 saturated heterocycles. The van der Waals surface area contributed by atoms with E-state index in [9.17, 15) is 58.5 Å². The van der Waals surface area contributed by atoms with Gasteiger partial charge < -0.3 is 75.9 Å². The van der Waals surface area contributed by atoms with Crippen molar-refractivity contribution in [3.05, 3.63) is 35.9 Å². The third-order valence-electron chi connectivity index (χ3n) is 8.64. The molecule has 0 aliphatic heterocycles. The number of primary amides is 1. The van der Waals surface area contributed by atoms with E-state index in [1.807, 2.05) is 0 Å². The predicted octanol–water partition coefficient (Wildman–Crippen LogP) is -5.52. The van der Waals surface area contributed by atoms with E-state index in [0.29, 0.717) is 18.4 Å². The number of benzene rings is 1. The molecule has 7 amide bonds. The van der Waals surface area contributed by atoms with Crippen LogP contribution in [0.25, 0.3) is 0 Å². The number of amides is 7. The second-order valence-electron chi connectivity index (χ2n) is 13.7. The van der Waals surface area contributed by atoms with E-state index < -0.39 is 121 Å². The number of aliphatic imine (C=N–C) groups is 1. The van der Waals surface area contributed by atoms with Gasteiger partial charge >= 0.3 is 11.9 Å². The van der Waals surface area contributed by atoms with Crippen molar-refractivity contribution in [3.63, 3.8) is 0 Å². The Hall–Kier alpha value is -6.40. The van der Waals surface area contributed by atoms with Gasteiger partial charge in [0.15, 0.2) is 5.96 Å². The third kappa shape index (κ3) is 20.3. The van der Waals surface area contributed by atoms with E-state index in [2.05, 4.69) is 36.9 Å². The van der Waals surface area contributed by atoms with Crippen LogP contribution in [0.15, 0.2) is 35.3 Å². The van der Waals surface area contributed by atoms with Crippen LogP contribution < -0.4 is 60.6 Å². The lowest BCUT2D eigenvalue weighted by atomic mass is 10.0. The maximum atomic E-state index is 14.0. The molecule has 0 saturated carbocycles. The van der Waals surface area contributed by atoms with Crippen molar-refractivity contribution in [3.8, 4) is 0 Å². The van der Waals surface area contributed by atoms with Crippen molar-refractivity contribution in [2.75, 3.05) is 19.6 Å². The highest BCUT2D eigenvalue weighted by Crippen LogP contribution is 2.09. The number of guanidine groups is 1. The first-order valence-corrected chi connectivity index (χ1v) is 19.0. The molecule has 0 bridgehead atoms. The second kappa shape index (κ2) is 27.3. The van der Waals surface area contributed by atoms with Gasteiger partial charge in [0.05, 0.1) is 19.1 Å². The van der Waals surface area contributed by atoms with Crippen molar-refractivity contribution in [2.24, 2.45) is 33.7 Å². The van der Waals surface area contributed by atoms with Gasteiger partial charge in [-0.1, -0.05) is 30.3 Å². The lowest BCUT2D eigenvalue weighted by molar-refractivity contribution is -0.143. The average molecular weight is 851 g/mol. The van der Waals surface area contributed by atoms with Gasteiger partial charge in [-0.3, -0.25) is 43.3 Å². The largest absolute Gasteiger partial charge is 0.481 e. The van der Waals surface area contributed by atoms with Crippen LogP contribution in [0.2, 0.25) is 0 Å². The number of hydrogen-bond donors (Lipinski definition) is 14. The maximum Gasteiger partial charge on any atom is 0.326 e. The molecule has 19 N–H and O–H groups in total. The van der Waals surface area contributed by atoms with Gasteiger partial charge in [0.2, 0.25) is 41.4 Å². The topological polar surface area (TPSA) is 429 Å². The van der Waals surface area contributed by atoms with Crippen LogP contribution in [0.4, 0.5) is 0 Å². The molecule has 0 aromatic heterocycles. The number of hydrogen-bond acceptors (Lipinski definition) is 13. The smallest absolute Gasteiger partial charge is 0.326 e. The molecule has 0 heterocycles. The molecule has 0 radical (unpaired) electrons. The van der Waals surface area contributed by atoms with Crippen LogP contribution in [-0.2, 0) is 49.6 Å². The van der Waals surface area contributed by atoms with Crippen molar-refractivity contribution in [1.29, 1.82) is 0 Å². The van der Waals surface area contributed by atoms with Gasteiger partial charge in [0.1, 0.15) is 36.3 Å². The van der Waals surface area contributed by atoms with Crippen LogP contribution >= 0.6 is 0 Å². The zero-order chi connectivity index (χ0) is 45.4. The number of aliphatic carboxylic acids is 2. The summed E-state index contributed by atoms with van der Waals surface area (Å²) >= 11 is 0. The summed E-state index contributed by atoms with van der Waals surface area (Å²) in [5.41, 5.74) is 27.5. The fourth-order valence-corrected chi connectivity index (χ4v) is 5.52. The number of unbranched alkanes of at least 4 members (excludes halogenated alkanes) is 1. The average Bonchev–Trinajstić information content (AvgIpc) is 3.18. The Morgan fingerprint density at radius 1 is 0.650 bits per heavy atom. The monoisotopic (exact) mass is 850 g/mol. The third-order valence-corrected chi connectivity index (χ3v) is 8.64. The number of rotatable bonds is 29. The molecule has 0 aliphatic carbocycles. The SMILES string of the molecule is C[C@@H](O)[C@H](NC(=O)CN)C(=O)N[C@@H](CCCN=C(N)N)C(=O)N[C@@H](Cc1ccccc1)C(=O)N[C@@H](CC(N)=O)C(=O)N[C@@H](CCC(=O)O)C(=O)N[C@@H](CCCCN)C(=O)O. The molecular weight excluding hydrogens is 792 g/mol. The number of carbonyl (C=O) groups excluding carboxylic acids is 7. The van der Waals surface area contributed by atoms with Crippen molar-refractivity contribution < 1.29 is 58.5 Å². The van der Waals surface area contributed by atoms with Gasteiger partial charge in [0.25, 0.3) is 0 Å². The molecular formula is C36H58N12O12. The molecule has 0 fully saturated rings. The molecule has 24 nitrogen and oxygen atoms in total. The van der Waals surface area contributed by atoms with Gasteiger partial charge in [0, 0.05) is 19.4 Å². The predicted molar refractivity (Wildman–Crippen MR) is 214 cm³/mol. The van der Waals surface area contributed by atoms with E-state index in [-0.39, 0.29) is 44.7 Å². The maximum absolute atomic E-state index is 14.0. The number of nitrogens with two attached hydrogens (primary N) is 5. The highest BCUT2D eigenvalue weighted by molar-refractivity contribution is 5.98. The van der Waals surface area contributed by atoms with Crippen LogP contribution in [0.3, 0.4) is 0 Å². The summed E-state index contributed by atoms with van der Waals surface area (Å²) in [5, 5.41) is 43.2. The van der Waals surface area contributed by atoms with E-state index >= 15 is 0 Å². The summed E-state index contributed by atoms with van der Waals surface area (Å²) in [7, 11) is 0. The Balaban J connectivity index is 3.50. The van der Waals surface area contributed by atoms with E-state index in [0.717, 1.165) is 0 Å². The number of nitrogens with zero attached hydrogens (tertiary/aromatic N) is 1. The second-order valence-corrected chi connectivity index (χ2v) is 13.7. The van der Waals surface area contributed by atoms with Gasteiger partial charge in [-0.2, -0.15) is 0 Å². The number of aliphatic hydroxyl groups is 1. The van der Waals surface area contributed by atoms with Crippen LogP contribution in [-0.4, -0.2) is 137 Å². The lowest BCUT2D eigenvalue weighted by Crippen LogP contribution is -2.61. The fraction of sp³-hybridized carbons (Fsp3) is 0.556. The quantitative estimate of drug-likeness (QED) is 0.0203. The Bertz CT molecular complexity index is 1660. The molecule has 334 valence electrons. The van der Waals surface area contributed by atoms with E-state index in [4.69, 9.17) is 28.7 Å². The zero-order valence-electron chi connectivity index (χ0n) is 33.3. The van der Waals surface area contributed by atoms with E-state index in [1.54, 1.807) is 30.3 Å². The van der Waals surface area contributed by atoms with Crippen LogP contribution in [0, 0.1) is 0 Å². The number of carbonyl (C=O) groups is 9. The highest BCUT2D eigenvalue weighted by atomic mass is 16.4. The molecule has 0 spiro atoms. The molecule has 24 heteroatoms. The standard InChI is InChI=1S/C36H58N12O12/c1-19(49)29(48-27(51)18-38)34(58)44-21(11-7-15-42-36(40)41)30(54)46-24(16-20-8-3-2-4-9-20)32(56)47-25(17-26(39)50)33(57)43-22(12-13-28(52)53)31(55)45-23(35(59)60)10-5-6-14-37/h2-4,8-9,19,21-25,29,49H,5-7,10-18,37-38H2,1H3,(H2,39,50)(H,43,57)(H,44,58)(H,45,55)(H,46,54)(H,47,56)(H,48,51)(H,52,53)(H,59,60)(H4,40,41,42)/t19-,21+,22+,23+,24+,25+,29+/m1/s1. The van der Waals surface area contributed by atoms with Crippen LogP contribution in [0.1, 0.15) is 63.9 Å². The molecule has 1 aromatic carbocycles. The Labute approximate surface area is 345 Å². The Morgan fingerprint density at radius 2 is 1.17 bits per heavy atom. The lowest BCUT2D eigenvalue weighted by Gasteiger charge is -2.27. The first kappa shape index (κ1) is 51.6. The molecule has 60 heavy (non-hydrogen) atoms. The van der Waals surface area contributed by atoms with Gasteiger partial charge in [-0.05, 0) is 57.6 Å². The molecule has 7 atom stereocenters. The number of aliphatic hydroxyl groups excluding tert-OH is 1. The molecule has 1 aromatic rings. The minimum Gasteiger partial charge on any atom is -0.481 e.